The normalized spacial score (nSPS) is 12.2. The summed E-state index contributed by atoms with van der Waals surface area (Å²) in [6, 6.07) is 3.08. The maximum absolute atomic E-state index is 12.4. The molecule has 112 valence electrons. The van der Waals surface area contributed by atoms with Crippen LogP contribution in [-0.2, 0) is 16.2 Å². The van der Waals surface area contributed by atoms with Crippen LogP contribution in [0.25, 0.3) is 0 Å². The zero-order chi connectivity index (χ0) is 15.7. The van der Waals surface area contributed by atoms with E-state index in [-0.39, 0.29) is 15.9 Å². The van der Waals surface area contributed by atoms with Crippen molar-refractivity contribution in [2.75, 3.05) is 4.72 Å². The first-order valence-electron chi connectivity index (χ1n) is 5.36. The van der Waals surface area contributed by atoms with Crippen molar-refractivity contribution in [3.63, 3.8) is 0 Å². The quantitative estimate of drug-likeness (QED) is 0.934. The fraction of sp³-hybridized carbons (Fsp3) is 0.0909. The highest BCUT2D eigenvalue weighted by Crippen LogP contribution is 2.29. The monoisotopic (exact) mass is 337 g/mol. The van der Waals surface area contributed by atoms with Crippen molar-refractivity contribution in [2.24, 2.45) is 0 Å². The molecule has 2 rings (SSSR count). The minimum absolute atomic E-state index is 0.0764. The number of sulfonamides is 1. The van der Waals surface area contributed by atoms with Crippen LogP contribution in [0.15, 0.2) is 41.6 Å². The Bertz CT molecular complexity index is 731. The zero-order valence-corrected chi connectivity index (χ0v) is 11.7. The van der Waals surface area contributed by atoms with E-state index in [1.165, 1.54) is 0 Å². The number of alkyl halides is 3. The van der Waals surface area contributed by atoms with Gasteiger partial charge in [-0.15, -0.1) is 0 Å². The van der Waals surface area contributed by atoms with Crippen LogP contribution in [0.5, 0.6) is 0 Å². The summed E-state index contributed by atoms with van der Waals surface area (Å²) in [4.78, 5) is 6.99. The largest absolute Gasteiger partial charge is 0.416 e. The van der Waals surface area contributed by atoms with Gasteiger partial charge in [0.05, 0.1) is 22.9 Å². The highest BCUT2D eigenvalue weighted by molar-refractivity contribution is 7.92. The first-order chi connectivity index (χ1) is 9.68. The Morgan fingerprint density at radius 1 is 1.05 bits per heavy atom. The highest BCUT2D eigenvalue weighted by Gasteiger charge is 2.30. The molecule has 0 amide bonds. The average molecular weight is 338 g/mol. The van der Waals surface area contributed by atoms with Crippen LogP contribution >= 0.6 is 11.6 Å². The van der Waals surface area contributed by atoms with Crippen molar-refractivity contribution in [3.05, 3.63) is 47.4 Å². The SMILES string of the molecule is O=S(=O)(Nc1cnc(Cl)cn1)c1ccc(C(F)(F)F)cc1. The molecule has 10 heteroatoms. The summed E-state index contributed by atoms with van der Waals surface area (Å²) in [6.45, 7) is 0. The van der Waals surface area contributed by atoms with E-state index in [2.05, 4.69) is 14.7 Å². The summed E-state index contributed by atoms with van der Waals surface area (Å²) in [5.74, 6) is -0.0979. The van der Waals surface area contributed by atoms with Crippen LogP contribution in [0.2, 0.25) is 5.15 Å². The molecule has 2 aromatic rings. The Balaban J connectivity index is 2.25. The van der Waals surface area contributed by atoms with E-state index in [0.717, 1.165) is 24.5 Å². The molecule has 0 saturated carbocycles. The predicted octanol–water partition coefficient (Wildman–Crippen LogP) is 2.95. The van der Waals surface area contributed by atoms with Crippen molar-refractivity contribution in [2.45, 2.75) is 11.1 Å². The van der Waals surface area contributed by atoms with E-state index in [4.69, 9.17) is 11.6 Å². The zero-order valence-electron chi connectivity index (χ0n) is 10.1. The molecule has 0 spiro atoms. The van der Waals surface area contributed by atoms with Crippen LogP contribution in [0, 0.1) is 0 Å². The Labute approximate surface area is 122 Å². The molecule has 1 aromatic carbocycles. The Morgan fingerprint density at radius 3 is 2.14 bits per heavy atom. The van der Waals surface area contributed by atoms with Crippen molar-refractivity contribution in [1.82, 2.24) is 9.97 Å². The number of nitrogens with zero attached hydrogens (tertiary/aromatic N) is 2. The lowest BCUT2D eigenvalue weighted by Crippen LogP contribution is -2.14. The van der Waals surface area contributed by atoms with Crippen LogP contribution < -0.4 is 4.72 Å². The first-order valence-corrected chi connectivity index (χ1v) is 7.22. The van der Waals surface area contributed by atoms with Crippen molar-refractivity contribution in [3.8, 4) is 0 Å². The average Bonchev–Trinajstić information content (AvgIpc) is 2.40. The van der Waals surface area contributed by atoms with Crippen LogP contribution in [0.4, 0.5) is 19.0 Å². The molecule has 0 fully saturated rings. The molecular formula is C11H7ClF3N3O2S. The Morgan fingerprint density at radius 2 is 1.67 bits per heavy atom. The molecule has 1 heterocycles. The summed E-state index contributed by atoms with van der Waals surface area (Å²) in [6.07, 6.45) is -2.31. The fourth-order valence-corrected chi connectivity index (χ4v) is 2.48. The van der Waals surface area contributed by atoms with Crippen LogP contribution in [0.1, 0.15) is 5.56 Å². The van der Waals surface area contributed by atoms with Crippen LogP contribution in [0.3, 0.4) is 0 Å². The third kappa shape index (κ3) is 3.82. The van der Waals surface area contributed by atoms with E-state index >= 15 is 0 Å². The van der Waals surface area contributed by atoms with E-state index in [1.54, 1.807) is 0 Å². The van der Waals surface area contributed by atoms with Gasteiger partial charge < -0.3 is 0 Å². The minimum atomic E-state index is -4.53. The van der Waals surface area contributed by atoms with Gasteiger partial charge in [0.1, 0.15) is 5.15 Å². The summed E-state index contributed by atoms with van der Waals surface area (Å²) in [5, 5.41) is 0.0764. The molecule has 0 atom stereocenters. The number of benzene rings is 1. The summed E-state index contributed by atoms with van der Waals surface area (Å²) in [7, 11) is -4.05. The number of anilines is 1. The molecule has 0 bridgehead atoms. The van der Waals surface area contributed by atoms with Gasteiger partial charge in [0.25, 0.3) is 10.0 Å². The lowest BCUT2D eigenvalue weighted by molar-refractivity contribution is -0.137. The topological polar surface area (TPSA) is 72.0 Å². The molecule has 5 nitrogen and oxygen atoms in total. The van der Waals surface area contributed by atoms with Gasteiger partial charge in [-0.25, -0.2) is 18.4 Å². The molecular weight excluding hydrogens is 331 g/mol. The van der Waals surface area contributed by atoms with Gasteiger partial charge in [0.2, 0.25) is 0 Å². The number of hydrogen-bond acceptors (Lipinski definition) is 4. The molecule has 0 aliphatic heterocycles. The maximum Gasteiger partial charge on any atom is 0.416 e. The first kappa shape index (κ1) is 15.5. The van der Waals surface area contributed by atoms with Gasteiger partial charge in [0.15, 0.2) is 5.82 Å². The lowest BCUT2D eigenvalue weighted by atomic mass is 10.2. The highest BCUT2D eigenvalue weighted by atomic mass is 35.5. The van der Waals surface area contributed by atoms with E-state index in [9.17, 15) is 21.6 Å². The second-order valence-corrected chi connectivity index (χ2v) is 5.92. The number of rotatable bonds is 3. The third-order valence-corrected chi connectivity index (χ3v) is 3.92. The fourth-order valence-electron chi connectivity index (χ4n) is 1.38. The van der Waals surface area contributed by atoms with Gasteiger partial charge in [-0.1, -0.05) is 11.6 Å². The third-order valence-electron chi connectivity index (χ3n) is 2.35. The molecule has 0 unspecified atom stereocenters. The van der Waals surface area contributed by atoms with Gasteiger partial charge in [0, 0.05) is 0 Å². The second-order valence-electron chi connectivity index (χ2n) is 3.85. The molecule has 1 aromatic heterocycles. The minimum Gasteiger partial charge on any atom is -0.262 e. The molecule has 0 saturated heterocycles. The number of halogens is 4. The second kappa shape index (κ2) is 5.49. The smallest absolute Gasteiger partial charge is 0.262 e. The lowest BCUT2D eigenvalue weighted by Gasteiger charge is -2.09. The standard InChI is InChI=1S/C11H7ClF3N3O2S/c12-9-5-17-10(6-16-9)18-21(19,20)8-3-1-7(2-4-8)11(13,14)15/h1-6H,(H,17,18). The number of aromatic nitrogens is 2. The summed E-state index contributed by atoms with van der Waals surface area (Å²) < 4.78 is 63.2. The molecule has 21 heavy (non-hydrogen) atoms. The molecule has 0 aliphatic rings. The van der Waals surface area contributed by atoms with Gasteiger partial charge in [-0.2, -0.15) is 13.2 Å². The van der Waals surface area contributed by atoms with Gasteiger partial charge in [-0.3, -0.25) is 4.72 Å². The predicted molar refractivity (Wildman–Crippen MR) is 69.3 cm³/mol. The molecule has 1 N–H and O–H groups in total. The summed E-state index contributed by atoms with van der Waals surface area (Å²) >= 11 is 5.50. The van der Waals surface area contributed by atoms with Crippen molar-refractivity contribution < 1.29 is 21.6 Å². The van der Waals surface area contributed by atoms with E-state index < -0.39 is 21.8 Å². The van der Waals surface area contributed by atoms with Gasteiger partial charge in [-0.05, 0) is 24.3 Å². The van der Waals surface area contributed by atoms with E-state index in [0.29, 0.717) is 12.1 Å². The van der Waals surface area contributed by atoms with Crippen molar-refractivity contribution in [1.29, 1.82) is 0 Å². The summed E-state index contributed by atoms with van der Waals surface area (Å²) in [5.41, 5.74) is -0.937. The van der Waals surface area contributed by atoms with Gasteiger partial charge >= 0.3 is 6.18 Å². The van der Waals surface area contributed by atoms with E-state index in [1.807, 2.05) is 0 Å². The molecule has 0 radical (unpaired) electrons. The number of nitrogens with one attached hydrogen (secondary N) is 1. The number of hydrogen-bond donors (Lipinski definition) is 1. The Kier molecular flexibility index (Phi) is 4.06. The molecule has 0 aliphatic carbocycles. The van der Waals surface area contributed by atoms with Crippen molar-refractivity contribution >= 4 is 27.4 Å². The van der Waals surface area contributed by atoms with Crippen LogP contribution in [-0.4, -0.2) is 18.4 Å². The Hall–Kier alpha value is -1.87. The maximum atomic E-state index is 12.4.